The van der Waals surface area contributed by atoms with Crippen molar-refractivity contribution < 1.29 is 0 Å². The van der Waals surface area contributed by atoms with E-state index in [1.165, 1.54) is 77.5 Å². The van der Waals surface area contributed by atoms with Crippen molar-refractivity contribution in [3.8, 4) is 11.1 Å². The minimum atomic E-state index is -0.0266. The zero-order valence-electron chi connectivity index (χ0n) is 57.0. The lowest BCUT2D eigenvalue weighted by atomic mass is 9.92. The number of hydrogen-bond donors (Lipinski definition) is 6. The maximum absolute atomic E-state index is 4.40. The number of nitrogens with zero attached hydrogens (tertiary/aromatic N) is 2. The van der Waals surface area contributed by atoms with Crippen molar-refractivity contribution in [3.63, 3.8) is 0 Å². The number of benzene rings is 8. The van der Waals surface area contributed by atoms with Crippen LogP contribution in [0.3, 0.4) is 0 Å². The predicted molar refractivity (Wildman–Crippen MR) is 418 cm³/mol. The second-order valence-electron chi connectivity index (χ2n) is 23.2. The van der Waals surface area contributed by atoms with Gasteiger partial charge in [-0.3, -0.25) is 5.32 Å². The Morgan fingerprint density at radius 1 is 0.635 bits per heavy atom. The summed E-state index contributed by atoms with van der Waals surface area (Å²) in [5, 5.41) is 26.3. The average molecular weight is 1260 g/mol. The summed E-state index contributed by atoms with van der Waals surface area (Å²) < 4.78 is 4.87. The Bertz CT molecular complexity index is 4580. The van der Waals surface area contributed by atoms with E-state index in [2.05, 4.69) is 310 Å². The SMILES string of the molecule is C=C(/C=C\C=C/Nc1cccc(C2NC(c3ccccc3)=C3C=CC=CC3N2)c1)C(=C)CCc1c(C)c2ccccc2n1C1=CC=CCC1.C=C/C=C\Cn1c2ccccc2c2c3c(ccc21)-c1ccccc1Nc1ccccc1NC(c1ccccc1)CN3.CC.CC.CC. The molecule has 4 heterocycles. The third-order valence-corrected chi connectivity index (χ3v) is 17.6. The summed E-state index contributed by atoms with van der Waals surface area (Å²) in [6.07, 6.45) is 33.3. The molecule has 4 aliphatic rings. The summed E-state index contributed by atoms with van der Waals surface area (Å²) in [5.74, 6) is 0. The number of aromatic nitrogens is 2. The highest BCUT2D eigenvalue weighted by Gasteiger charge is 2.29. The average Bonchev–Trinajstić information content (AvgIpc) is 1.57. The van der Waals surface area contributed by atoms with Crippen LogP contribution in [0.4, 0.5) is 28.4 Å². The van der Waals surface area contributed by atoms with E-state index in [9.17, 15) is 0 Å². The third-order valence-electron chi connectivity index (χ3n) is 17.6. The molecule has 8 heteroatoms. The Balaban J connectivity index is 0.000000196. The van der Waals surface area contributed by atoms with E-state index in [0.29, 0.717) is 6.54 Å². The van der Waals surface area contributed by atoms with Crippen LogP contribution in [0, 0.1) is 6.92 Å². The Labute approximate surface area is 570 Å². The van der Waals surface area contributed by atoms with E-state index in [1.54, 1.807) is 0 Å². The van der Waals surface area contributed by atoms with Crippen molar-refractivity contribution >= 4 is 72.5 Å². The van der Waals surface area contributed by atoms with Crippen LogP contribution in [0.25, 0.3) is 55.2 Å². The standard InChI is InChI=1S/C45H44N4.C37H32N4.3C2H6/c1-32(33(2)28-29-42-34(3)39-24-11-13-27-43(39)49(42)38-22-8-5-9-23-38)17-14-15-30-46-37-21-16-20-36(31-37)45-47-41-26-12-10-25-40(41)44(48-45)35-18-6-4-7-19-35;1-2-3-13-24-41-34-21-12-8-17-29(34)36-35(41)23-22-28-27-16-7-9-18-30(27)39-31-19-10-11-20-32(31)40-33(25-38-37(28)36)26-14-5-4-6-15-26;3*1-2/h4-8,10-22,24-27,30-31,41,45-48H,1-2,9,23,28-29H2,3H3;2-23,33,38-40H,1,24-25H2;3*1-2H3/b17-14-,30-15-;13-3-;;;. The van der Waals surface area contributed by atoms with E-state index < -0.39 is 0 Å². The summed E-state index contributed by atoms with van der Waals surface area (Å²) in [4.78, 5) is 0. The first-order chi connectivity index (χ1) is 47.4. The van der Waals surface area contributed by atoms with Gasteiger partial charge in [0.1, 0.15) is 6.17 Å². The normalized spacial score (nSPS) is 15.9. The first-order valence-corrected chi connectivity index (χ1v) is 34.4. The fourth-order valence-electron chi connectivity index (χ4n) is 13.0. The van der Waals surface area contributed by atoms with Crippen LogP contribution in [-0.2, 0) is 13.0 Å². The van der Waals surface area contributed by atoms with Crippen molar-refractivity contribution in [2.24, 2.45) is 0 Å². The van der Waals surface area contributed by atoms with E-state index in [0.717, 1.165) is 83.1 Å². The molecule has 2 aliphatic carbocycles. The molecular formula is C88H94N8. The first-order valence-electron chi connectivity index (χ1n) is 34.4. The zero-order valence-corrected chi connectivity index (χ0v) is 57.0. The fraction of sp³-hybridized carbons (Fsp3) is 0.182. The van der Waals surface area contributed by atoms with Crippen LogP contribution in [-0.4, -0.2) is 21.7 Å². The summed E-state index contributed by atoms with van der Waals surface area (Å²) in [7, 11) is 0. The molecule has 96 heavy (non-hydrogen) atoms. The largest absolute Gasteiger partial charge is 0.382 e. The third kappa shape index (κ3) is 15.5. The summed E-state index contributed by atoms with van der Waals surface area (Å²) in [6.45, 7) is 28.3. The monoisotopic (exact) mass is 1260 g/mol. The minimum absolute atomic E-state index is 0.0266. The van der Waals surface area contributed by atoms with Crippen molar-refractivity contribution in [1.82, 2.24) is 19.8 Å². The topological polar surface area (TPSA) is 82.0 Å². The molecule has 3 unspecified atom stereocenters. The van der Waals surface area contributed by atoms with Gasteiger partial charge in [-0.2, -0.15) is 0 Å². The van der Waals surface area contributed by atoms with Crippen LogP contribution >= 0.6 is 0 Å². The number of allylic oxidation sites excluding steroid dienone is 14. The van der Waals surface area contributed by atoms with Crippen molar-refractivity contribution in [2.75, 3.05) is 27.8 Å². The van der Waals surface area contributed by atoms with Crippen molar-refractivity contribution in [3.05, 3.63) is 344 Å². The molecule has 3 atom stereocenters. The second-order valence-corrected chi connectivity index (χ2v) is 23.2. The van der Waals surface area contributed by atoms with Gasteiger partial charge < -0.3 is 35.7 Å². The number of aryl methyl sites for hydroxylation is 1. The van der Waals surface area contributed by atoms with Gasteiger partial charge in [-0.05, 0) is 132 Å². The molecule has 0 fully saturated rings. The van der Waals surface area contributed by atoms with Gasteiger partial charge in [0.05, 0.1) is 40.2 Å². The lowest BCUT2D eigenvalue weighted by Gasteiger charge is -2.36. The predicted octanol–water partition coefficient (Wildman–Crippen LogP) is 23.1. The van der Waals surface area contributed by atoms with Crippen LogP contribution in [0.2, 0.25) is 0 Å². The summed E-state index contributed by atoms with van der Waals surface area (Å²) in [6, 6.07) is 69.0. The van der Waals surface area contributed by atoms with Crippen molar-refractivity contribution in [1.29, 1.82) is 0 Å². The Kier molecular flexibility index (Phi) is 24.0. The van der Waals surface area contributed by atoms with E-state index in [-0.39, 0.29) is 18.2 Å². The number of hydrogen-bond acceptors (Lipinski definition) is 6. The molecule has 0 saturated heterocycles. The summed E-state index contributed by atoms with van der Waals surface area (Å²) in [5.41, 5.74) is 23.5. The smallest absolute Gasteiger partial charge is 0.104 e. The molecule has 8 nitrogen and oxygen atoms in total. The number of nitrogens with one attached hydrogen (secondary N) is 6. The molecule has 0 amide bonds. The van der Waals surface area contributed by atoms with E-state index in [1.807, 2.05) is 78.1 Å². The molecule has 2 aromatic heterocycles. The van der Waals surface area contributed by atoms with Gasteiger partial charge in [0, 0.05) is 80.6 Å². The Morgan fingerprint density at radius 2 is 1.33 bits per heavy atom. The first kappa shape index (κ1) is 68.1. The van der Waals surface area contributed by atoms with E-state index in [4.69, 9.17) is 0 Å². The molecule has 0 bridgehead atoms. The molecule has 10 aromatic rings. The summed E-state index contributed by atoms with van der Waals surface area (Å²) >= 11 is 0. The zero-order chi connectivity index (χ0) is 67.2. The lowest BCUT2D eigenvalue weighted by Crippen LogP contribution is -2.45. The number of anilines is 5. The highest BCUT2D eigenvalue weighted by atomic mass is 15.2. The molecule has 0 saturated carbocycles. The number of rotatable bonds is 15. The lowest BCUT2D eigenvalue weighted by molar-refractivity contribution is 0.460. The van der Waals surface area contributed by atoms with Crippen LogP contribution in [0.1, 0.15) is 101 Å². The maximum atomic E-state index is 4.40. The van der Waals surface area contributed by atoms with Crippen LogP contribution in [0.15, 0.2) is 316 Å². The number of para-hydroxylation sites is 5. The quantitative estimate of drug-likeness (QED) is 0.0574. The Hall–Kier alpha value is -10.8. The van der Waals surface area contributed by atoms with Gasteiger partial charge in [0.15, 0.2) is 0 Å². The van der Waals surface area contributed by atoms with E-state index >= 15 is 0 Å². The van der Waals surface area contributed by atoms with Crippen LogP contribution < -0.4 is 31.9 Å². The van der Waals surface area contributed by atoms with Crippen LogP contribution in [0.5, 0.6) is 0 Å². The molecule has 0 spiro atoms. The molecule has 2 aliphatic heterocycles. The van der Waals surface area contributed by atoms with Gasteiger partial charge in [0.2, 0.25) is 0 Å². The van der Waals surface area contributed by atoms with Gasteiger partial charge in [-0.1, -0.05) is 274 Å². The van der Waals surface area contributed by atoms with Gasteiger partial charge in [-0.15, -0.1) is 0 Å². The molecular weight excluding hydrogens is 1170 g/mol. The molecule has 6 N–H and O–H groups in total. The number of fused-ring (bicyclic) bond motifs is 10. The fourth-order valence-corrected chi connectivity index (χ4v) is 13.0. The highest BCUT2D eigenvalue weighted by molar-refractivity contribution is 6.17. The maximum Gasteiger partial charge on any atom is 0.104 e. The molecule has 486 valence electrons. The molecule has 0 radical (unpaired) electrons. The Morgan fingerprint density at radius 3 is 2.10 bits per heavy atom. The van der Waals surface area contributed by atoms with Gasteiger partial charge in [0.25, 0.3) is 0 Å². The van der Waals surface area contributed by atoms with Gasteiger partial charge in [-0.25, -0.2) is 0 Å². The van der Waals surface area contributed by atoms with Gasteiger partial charge >= 0.3 is 0 Å². The molecule has 14 rings (SSSR count). The molecule has 8 aromatic carbocycles. The highest BCUT2D eigenvalue weighted by Crippen LogP contribution is 2.45. The minimum Gasteiger partial charge on any atom is -0.382 e. The second kappa shape index (κ2) is 33.9. The van der Waals surface area contributed by atoms with Crippen molar-refractivity contribution in [2.45, 2.75) is 98.9 Å².